The summed E-state index contributed by atoms with van der Waals surface area (Å²) in [4.78, 5) is 11.7. The highest BCUT2D eigenvalue weighted by Gasteiger charge is 2.16. The van der Waals surface area contributed by atoms with Gasteiger partial charge in [-0.05, 0) is 44.0 Å². The Kier molecular flexibility index (Phi) is 6.28. The molecule has 0 aliphatic carbocycles. The summed E-state index contributed by atoms with van der Waals surface area (Å²) in [6, 6.07) is 15.5. The van der Waals surface area contributed by atoms with Crippen LogP contribution in [-0.2, 0) is 17.9 Å². The van der Waals surface area contributed by atoms with Crippen LogP contribution in [0.5, 0.6) is 11.5 Å². The maximum absolute atomic E-state index is 11.7. The molecular weight excluding hydrogens is 318 g/mol. The first-order valence-electron chi connectivity index (χ1n) is 8.18. The van der Waals surface area contributed by atoms with E-state index in [-0.39, 0.29) is 0 Å². The van der Waals surface area contributed by atoms with E-state index in [9.17, 15) is 4.79 Å². The second kappa shape index (κ2) is 8.42. The molecule has 0 atom stereocenters. The van der Waals surface area contributed by atoms with Crippen LogP contribution >= 0.6 is 0 Å². The molecule has 0 heterocycles. The van der Waals surface area contributed by atoms with Crippen molar-refractivity contribution in [3.8, 4) is 11.5 Å². The largest absolute Gasteiger partial charge is 0.493 e. The number of hydrogen-bond acceptors (Lipinski definition) is 4. The van der Waals surface area contributed by atoms with Gasteiger partial charge in [0.15, 0.2) is 11.5 Å². The molecule has 0 spiro atoms. The molecule has 1 amide bonds. The summed E-state index contributed by atoms with van der Waals surface area (Å²) in [6.07, 6.45) is -0.448. The van der Waals surface area contributed by atoms with E-state index in [0.29, 0.717) is 24.7 Å². The van der Waals surface area contributed by atoms with Crippen molar-refractivity contribution in [2.75, 3.05) is 7.11 Å². The smallest absolute Gasteiger partial charge is 0.407 e. The topological polar surface area (TPSA) is 56.8 Å². The number of rotatable bonds is 6. The van der Waals surface area contributed by atoms with Crippen molar-refractivity contribution >= 4 is 6.09 Å². The summed E-state index contributed by atoms with van der Waals surface area (Å²) >= 11 is 0. The first-order valence-corrected chi connectivity index (χ1v) is 8.18. The van der Waals surface area contributed by atoms with Crippen LogP contribution in [0.25, 0.3) is 0 Å². The predicted molar refractivity (Wildman–Crippen MR) is 96.8 cm³/mol. The number of carbonyl (C=O) groups is 1. The maximum atomic E-state index is 11.7. The Morgan fingerprint density at radius 3 is 2.36 bits per heavy atom. The van der Waals surface area contributed by atoms with E-state index in [0.717, 1.165) is 11.1 Å². The van der Waals surface area contributed by atoms with Crippen LogP contribution in [-0.4, -0.2) is 18.8 Å². The molecule has 2 rings (SSSR count). The van der Waals surface area contributed by atoms with Gasteiger partial charge in [0.05, 0.1) is 7.11 Å². The molecule has 1 N–H and O–H groups in total. The highest BCUT2D eigenvalue weighted by atomic mass is 16.6. The Labute approximate surface area is 148 Å². The van der Waals surface area contributed by atoms with Gasteiger partial charge in [0, 0.05) is 6.54 Å². The minimum Gasteiger partial charge on any atom is -0.493 e. The van der Waals surface area contributed by atoms with Crippen LogP contribution in [0.15, 0.2) is 48.5 Å². The third kappa shape index (κ3) is 6.37. The molecule has 0 saturated heterocycles. The van der Waals surface area contributed by atoms with Crippen LogP contribution in [0.4, 0.5) is 4.79 Å². The number of benzene rings is 2. The Balaban J connectivity index is 1.95. The predicted octanol–water partition coefficient (Wildman–Crippen LogP) is 4.30. The van der Waals surface area contributed by atoms with Crippen molar-refractivity contribution in [2.24, 2.45) is 0 Å². The van der Waals surface area contributed by atoms with Gasteiger partial charge in [0.1, 0.15) is 12.2 Å². The zero-order chi connectivity index (χ0) is 18.3. The summed E-state index contributed by atoms with van der Waals surface area (Å²) in [7, 11) is 1.59. The van der Waals surface area contributed by atoms with Crippen molar-refractivity contribution in [1.82, 2.24) is 5.32 Å². The van der Waals surface area contributed by atoms with E-state index in [1.165, 1.54) is 0 Å². The molecule has 0 saturated carbocycles. The summed E-state index contributed by atoms with van der Waals surface area (Å²) in [5, 5.41) is 2.73. The average molecular weight is 343 g/mol. The summed E-state index contributed by atoms with van der Waals surface area (Å²) in [6.45, 7) is 6.30. The number of amides is 1. The van der Waals surface area contributed by atoms with E-state index in [1.54, 1.807) is 7.11 Å². The number of methoxy groups -OCH3 is 1. The molecule has 25 heavy (non-hydrogen) atoms. The number of hydrogen-bond donors (Lipinski definition) is 1. The molecule has 0 aliphatic rings. The minimum absolute atomic E-state index is 0.351. The van der Waals surface area contributed by atoms with Gasteiger partial charge >= 0.3 is 6.09 Å². The molecule has 134 valence electrons. The number of ether oxygens (including phenoxy) is 3. The summed E-state index contributed by atoms with van der Waals surface area (Å²) < 4.78 is 16.4. The van der Waals surface area contributed by atoms with E-state index in [1.807, 2.05) is 69.3 Å². The molecule has 0 fully saturated rings. The highest BCUT2D eigenvalue weighted by Crippen LogP contribution is 2.28. The fourth-order valence-electron chi connectivity index (χ4n) is 2.16. The van der Waals surface area contributed by atoms with Gasteiger partial charge in [-0.3, -0.25) is 0 Å². The molecule has 0 unspecified atom stereocenters. The molecule has 0 aliphatic heterocycles. The molecule has 5 nitrogen and oxygen atoms in total. The van der Waals surface area contributed by atoms with Crippen LogP contribution in [0.1, 0.15) is 31.9 Å². The Morgan fingerprint density at radius 1 is 1.00 bits per heavy atom. The van der Waals surface area contributed by atoms with E-state index >= 15 is 0 Å². The highest BCUT2D eigenvalue weighted by molar-refractivity contribution is 5.67. The average Bonchev–Trinajstić information content (AvgIpc) is 2.58. The fraction of sp³-hybridized carbons (Fsp3) is 0.350. The second-order valence-electron chi connectivity index (χ2n) is 6.61. The van der Waals surface area contributed by atoms with E-state index in [2.05, 4.69) is 5.32 Å². The zero-order valence-corrected chi connectivity index (χ0v) is 15.2. The molecule has 0 radical (unpaired) electrons. The van der Waals surface area contributed by atoms with E-state index in [4.69, 9.17) is 14.2 Å². The lowest BCUT2D eigenvalue weighted by molar-refractivity contribution is 0.0523. The van der Waals surface area contributed by atoms with E-state index < -0.39 is 11.7 Å². The number of alkyl carbamates (subject to hydrolysis) is 1. The van der Waals surface area contributed by atoms with Crippen LogP contribution in [0, 0.1) is 0 Å². The maximum Gasteiger partial charge on any atom is 0.407 e. The zero-order valence-electron chi connectivity index (χ0n) is 15.2. The standard InChI is InChI=1S/C20H25NO4/c1-20(2,3)25-19(22)21-13-16-10-11-17(18(12-16)23-4)24-14-15-8-6-5-7-9-15/h5-12H,13-14H2,1-4H3,(H,21,22). The quantitative estimate of drug-likeness (QED) is 0.850. The first-order chi connectivity index (χ1) is 11.9. The lowest BCUT2D eigenvalue weighted by atomic mass is 10.2. The molecule has 2 aromatic carbocycles. The lowest BCUT2D eigenvalue weighted by Gasteiger charge is -2.19. The van der Waals surface area contributed by atoms with Crippen molar-refractivity contribution in [2.45, 2.75) is 39.5 Å². The van der Waals surface area contributed by atoms with Gasteiger partial charge in [-0.1, -0.05) is 36.4 Å². The normalized spacial score (nSPS) is 10.9. The summed E-state index contributed by atoms with van der Waals surface area (Å²) in [5.41, 5.74) is 1.46. The lowest BCUT2D eigenvalue weighted by Crippen LogP contribution is -2.32. The molecule has 0 bridgehead atoms. The van der Waals surface area contributed by atoms with Crippen LogP contribution in [0.3, 0.4) is 0 Å². The summed E-state index contributed by atoms with van der Waals surface area (Å²) in [5.74, 6) is 1.28. The van der Waals surface area contributed by atoms with Crippen molar-refractivity contribution in [3.05, 3.63) is 59.7 Å². The Bertz CT molecular complexity index is 693. The Morgan fingerprint density at radius 2 is 1.72 bits per heavy atom. The number of carbonyl (C=O) groups excluding carboxylic acids is 1. The minimum atomic E-state index is -0.517. The van der Waals surface area contributed by atoms with Gasteiger partial charge < -0.3 is 19.5 Å². The molecular formula is C20H25NO4. The first kappa shape index (κ1) is 18.6. The van der Waals surface area contributed by atoms with Gasteiger partial charge in [0.2, 0.25) is 0 Å². The van der Waals surface area contributed by atoms with Crippen molar-refractivity contribution in [1.29, 1.82) is 0 Å². The third-order valence-electron chi connectivity index (χ3n) is 3.30. The van der Waals surface area contributed by atoms with Crippen LogP contribution < -0.4 is 14.8 Å². The van der Waals surface area contributed by atoms with Crippen molar-refractivity contribution in [3.63, 3.8) is 0 Å². The fourth-order valence-corrected chi connectivity index (χ4v) is 2.16. The third-order valence-corrected chi connectivity index (χ3v) is 3.30. The van der Waals surface area contributed by atoms with Crippen LogP contribution in [0.2, 0.25) is 0 Å². The number of nitrogens with one attached hydrogen (secondary N) is 1. The SMILES string of the molecule is COc1cc(CNC(=O)OC(C)(C)C)ccc1OCc1ccccc1. The van der Waals surface area contributed by atoms with Gasteiger partial charge in [-0.15, -0.1) is 0 Å². The molecule has 0 aromatic heterocycles. The Hall–Kier alpha value is -2.69. The monoisotopic (exact) mass is 343 g/mol. The van der Waals surface area contributed by atoms with Crippen molar-refractivity contribution < 1.29 is 19.0 Å². The molecule has 2 aromatic rings. The molecule has 5 heteroatoms. The van der Waals surface area contributed by atoms with Gasteiger partial charge in [-0.25, -0.2) is 4.79 Å². The van der Waals surface area contributed by atoms with Gasteiger partial charge in [-0.2, -0.15) is 0 Å². The second-order valence-corrected chi connectivity index (χ2v) is 6.61. The van der Waals surface area contributed by atoms with Gasteiger partial charge in [0.25, 0.3) is 0 Å².